The van der Waals surface area contributed by atoms with E-state index in [2.05, 4.69) is 33.0 Å². The number of sulfonamides is 1. The van der Waals surface area contributed by atoms with Crippen molar-refractivity contribution in [3.8, 4) is 5.75 Å². The van der Waals surface area contributed by atoms with E-state index in [-0.39, 0.29) is 4.90 Å². The predicted octanol–water partition coefficient (Wildman–Crippen LogP) is 7.06. The highest BCUT2D eigenvalue weighted by molar-refractivity contribution is 9.10. The molecule has 0 bridgehead atoms. The van der Waals surface area contributed by atoms with E-state index < -0.39 is 22.5 Å². The molecular formula is C32H29BrClN3O4S. The molecule has 4 aromatic carbocycles. The number of hydrazone groups is 1. The molecule has 0 fully saturated rings. The first-order chi connectivity index (χ1) is 20.2. The molecule has 0 atom stereocenters. The molecule has 0 aliphatic rings. The average Bonchev–Trinajstić information content (AvgIpc) is 2.98. The van der Waals surface area contributed by atoms with Crippen molar-refractivity contribution in [1.82, 2.24) is 5.43 Å². The highest BCUT2D eigenvalue weighted by atomic mass is 79.9. The third kappa shape index (κ3) is 8.09. The first-order valence-electron chi connectivity index (χ1n) is 12.9. The highest BCUT2D eigenvalue weighted by Crippen LogP contribution is 2.29. The Bertz CT molecular complexity index is 1700. The van der Waals surface area contributed by atoms with Gasteiger partial charge in [0.25, 0.3) is 15.9 Å². The van der Waals surface area contributed by atoms with Gasteiger partial charge >= 0.3 is 0 Å². The van der Waals surface area contributed by atoms with Gasteiger partial charge in [0.2, 0.25) is 0 Å². The minimum Gasteiger partial charge on any atom is -0.489 e. The SMILES string of the molecule is C=CCc1cc(/C=N/NC(=O)CN(c2cc(Cl)ccc2C)S(=O)(=O)c2ccccc2)ccc1OCc1ccc(Br)cc1. The molecule has 216 valence electrons. The quantitative estimate of drug-likeness (QED) is 0.0996. The Kier molecular flexibility index (Phi) is 10.6. The molecule has 0 unspecified atom stereocenters. The number of carbonyl (C=O) groups excluding carboxylic acids is 1. The molecular weight excluding hydrogens is 638 g/mol. The Morgan fingerprint density at radius 1 is 1.05 bits per heavy atom. The summed E-state index contributed by atoms with van der Waals surface area (Å²) in [6, 6.07) is 26.3. The molecule has 0 heterocycles. The molecule has 0 radical (unpaired) electrons. The summed E-state index contributed by atoms with van der Waals surface area (Å²) in [5.74, 6) is 0.101. The Hall–Kier alpha value is -3.92. The highest BCUT2D eigenvalue weighted by Gasteiger charge is 2.28. The third-order valence-corrected chi connectivity index (χ3v) is 8.76. The zero-order chi connectivity index (χ0) is 30.1. The first-order valence-corrected chi connectivity index (χ1v) is 15.6. The Morgan fingerprint density at radius 3 is 2.50 bits per heavy atom. The summed E-state index contributed by atoms with van der Waals surface area (Å²) in [5.41, 5.74) is 6.06. The lowest BCUT2D eigenvalue weighted by Crippen LogP contribution is -2.40. The monoisotopic (exact) mass is 665 g/mol. The zero-order valence-corrected chi connectivity index (χ0v) is 26.0. The molecule has 4 aromatic rings. The summed E-state index contributed by atoms with van der Waals surface area (Å²) in [4.78, 5) is 13.0. The van der Waals surface area contributed by atoms with Gasteiger partial charge < -0.3 is 4.74 Å². The van der Waals surface area contributed by atoms with E-state index in [0.717, 1.165) is 31.2 Å². The molecule has 7 nitrogen and oxygen atoms in total. The largest absolute Gasteiger partial charge is 0.489 e. The van der Waals surface area contributed by atoms with Crippen molar-refractivity contribution in [1.29, 1.82) is 0 Å². The number of hydrogen-bond acceptors (Lipinski definition) is 5. The van der Waals surface area contributed by atoms with E-state index in [4.69, 9.17) is 16.3 Å². The second kappa shape index (κ2) is 14.3. The zero-order valence-electron chi connectivity index (χ0n) is 22.8. The van der Waals surface area contributed by atoms with Gasteiger partial charge in [0.1, 0.15) is 18.9 Å². The number of hydrogen-bond donors (Lipinski definition) is 1. The summed E-state index contributed by atoms with van der Waals surface area (Å²) in [7, 11) is -4.07. The number of anilines is 1. The number of nitrogens with one attached hydrogen (secondary N) is 1. The van der Waals surface area contributed by atoms with E-state index in [0.29, 0.717) is 29.3 Å². The van der Waals surface area contributed by atoms with Gasteiger partial charge in [0.05, 0.1) is 16.8 Å². The minimum absolute atomic E-state index is 0.0536. The molecule has 0 aliphatic carbocycles. The fourth-order valence-corrected chi connectivity index (χ4v) is 6.02. The van der Waals surface area contributed by atoms with Crippen molar-refractivity contribution < 1.29 is 17.9 Å². The number of nitrogens with zero attached hydrogens (tertiary/aromatic N) is 2. The lowest BCUT2D eigenvalue weighted by Gasteiger charge is -2.25. The molecule has 0 aromatic heterocycles. The number of halogens is 2. The topological polar surface area (TPSA) is 88.1 Å². The van der Waals surface area contributed by atoms with Crippen LogP contribution in [-0.2, 0) is 27.8 Å². The van der Waals surface area contributed by atoms with E-state index >= 15 is 0 Å². The lowest BCUT2D eigenvalue weighted by atomic mass is 10.1. The fraction of sp³-hybridized carbons (Fsp3) is 0.125. The van der Waals surface area contributed by atoms with Crippen molar-refractivity contribution in [2.45, 2.75) is 24.8 Å². The summed E-state index contributed by atoms with van der Waals surface area (Å²) < 4.78 is 35.2. The predicted molar refractivity (Wildman–Crippen MR) is 172 cm³/mol. The van der Waals surface area contributed by atoms with E-state index in [1.165, 1.54) is 24.4 Å². The van der Waals surface area contributed by atoms with Crippen LogP contribution in [-0.4, -0.2) is 27.1 Å². The third-order valence-electron chi connectivity index (χ3n) is 6.22. The van der Waals surface area contributed by atoms with Crippen LogP contribution < -0.4 is 14.5 Å². The normalized spacial score (nSPS) is 11.3. The van der Waals surface area contributed by atoms with Crippen LogP contribution in [0, 0.1) is 6.92 Å². The Morgan fingerprint density at radius 2 is 1.79 bits per heavy atom. The van der Waals surface area contributed by atoms with Crippen molar-refractivity contribution in [3.05, 3.63) is 135 Å². The van der Waals surface area contributed by atoms with E-state index in [1.807, 2.05) is 42.5 Å². The van der Waals surface area contributed by atoms with Crippen LogP contribution >= 0.6 is 27.5 Å². The molecule has 4 rings (SSSR count). The maximum atomic E-state index is 13.6. The summed E-state index contributed by atoms with van der Waals surface area (Å²) in [6.45, 7) is 5.50. The minimum atomic E-state index is -4.07. The maximum Gasteiger partial charge on any atom is 0.264 e. The molecule has 0 spiro atoms. The fourth-order valence-electron chi connectivity index (χ4n) is 4.09. The van der Waals surface area contributed by atoms with E-state index in [1.54, 1.807) is 43.3 Å². The molecule has 10 heteroatoms. The van der Waals surface area contributed by atoms with Crippen molar-refractivity contribution in [3.63, 3.8) is 0 Å². The second-order valence-electron chi connectivity index (χ2n) is 9.32. The molecule has 1 amide bonds. The number of aryl methyl sites for hydroxylation is 1. The molecule has 0 aliphatic heterocycles. The van der Waals surface area contributed by atoms with E-state index in [9.17, 15) is 13.2 Å². The molecule has 1 N–H and O–H groups in total. The van der Waals surface area contributed by atoms with Gasteiger partial charge in [-0.1, -0.05) is 70.0 Å². The van der Waals surface area contributed by atoms with Crippen molar-refractivity contribution in [2.24, 2.45) is 5.10 Å². The summed E-state index contributed by atoms with van der Waals surface area (Å²) >= 11 is 9.62. The lowest BCUT2D eigenvalue weighted by molar-refractivity contribution is -0.119. The van der Waals surface area contributed by atoms with Gasteiger partial charge in [-0.3, -0.25) is 9.10 Å². The second-order valence-corrected chi connectivity index (χ2v) is 12.5. The molecule has 42 heavy (non-hydrogen) atoms. The van der Waals surface area contributed by atoms with Crippen LogP contribution in [0.5, 0.6) is 5.75 Å². The standard InChI is InChI=1S/C32H29BrClN3O4S/c1-3-7-26-18-25(13-17-31(26)41-22-24-11-14-27(33)15-12-24)20-35-36-32(38)21-37(30-19-28(34)16-10-23(30)2)42(39,40)29-8-5-4-6-9-29/h3-6,8-20H,1,7,21-22H2,2H3,(H,36,38)/b35-20+. The van der Waals surface area contributed by atoms with Crippen LogP contribution in [0.4, 0.5) is 5.69 Å². The van der Waals surface area contributed by atoms with Gasteiger partial charge in [0.15, 0.2) is 0 Å². The van der Waals surface area contributed by atoms with Gasteiger partial charge in [-0.15, -0.1) is 6.58 Å². The van der Waals surface area contributed by atoms with Gasteiger partial charge in [-0.2, -0.15) is 5.10 Å². The Labute approximate surface area is 259 Å². The first kappa shape index (κ1) is 31.0. The van der Waals surface area contributed by atoms with Gasteiger partial charge in [-0.25, -0.2) is 13.8 Å². The summed E-state index contributed by atoms with van der Waals surface area (Å²) in [6.07, 6.45) is 3.85. The number of ether oxygens (including phenoxy) is 1. The Balaban J connectivity index is 1.49. The van der Waals surface area contributed by atoms with Crippen LogP contribution in [0.2, 0.25) is 5.02 Å². The summed E-state index contributed by atoms with van der Waals surface area (Å²) in [5, 5.41) is 4.42. The molecule has 0 saturated carbocycles. The number of benzene rings is 4. The molecule has 0 saturated heterocycles. The van der Waals surface area contributed by atoms with Crippen molar-refractivity contribution >= 4 is 55.4 Å². The maximum absolute atomic E-state index is 13.6. The van der Waals surface area contributed by atoms with Crippen LogP contribution in [0.1, 0.15) is 22.3 Å². The average molecular weight is 667 g/mol. The van der Waals surface area contributed by atoms with Crippen LogP contribution in [0.15, 0.2) is 118 Å². The number of amides is 1. The number of carbonyl (C=O) groups is 1. The smallest absolute Gasteiger partial charge is 0.264 e. The number of rotatable bonds is 12. The van der Waals surface area contributed by atoms with Crippen LogP contribution in [0.3, 0.4) is 0 Å². The number of allylic oxidation sites excluding steroid dienone is 1. The van der Waals surface area contributed by atoms with Gasteiger partial charge in [-0.05, 0) is 90.2 Å². The van der Waals surface area contributed by atoms with Gasteiger partial charge in [0, 0.05) is 9.50 Å². The van der Waals surface area contributed by atoms with Crippen molar-refractivity contribution in [2.75, 3.05) is 10.8 Å². The van der Waals surface area contributed by atoms with Crippen LogP contribution in [0.25, 0.3) is 0 Å².